The second-order valence-electron chi connectivity index (χ2n) is 6.52. The molecule has 0 aliphatic carbocycles. The Kier molecular flexibility index (Phi) is 6.81. The number of halogens is 5. The van der Waals surface area contributed by atoms with Crippen LogP contribution in [0.3, 0.4) is 0 Å². The molecule has 1 saturated heterocycles. The maximum absolute atomic E-state index is 14.6. The molecular weight excluding hydrogens is 480 g/mol. The van der Waals surface area contributed by atoms with Crippen LogP contribution < -0.4 is 11.2 Å². The fraction of sp³-hybridized carbons (Fsp3) is 0.333. The molecule has 14 heteroatoms. The molecule has 1 fully saturated rings. The highest BCUT2D eigenvalue weighted by molar-refractivity contribution is 8.15. The Bertz CT molecular complexity index is 1230. The Labute approximate surface area is 187 Å². The van der Waals surface area contributed by atoms with Crippen molar-refractivity contribution in [1.82, 2.24) is 14.0 Å². The number of rotatable bonds is 5. The maximum atomic E-state index is 14.6. The Morgan fingerprint density at radius 3 is 2.53 bits per heavy atom. The van der Waals surface area contributed by atoms with E-state index >= 15 is 0 Å². The summed E-state index contributed by atoms with van der Waals surface area (Å²) in [6.07, 6.45) is -4.96. The van der Waals surface area contributed by atoms with Gasteiger partial charge in [-0.15, -0.1) is 0 Å². The topological polar surface area (TPSA) is 85.9 Å². The summed E-state index contributed by atoms with van der Waals surface area (Å²) in [4.78, 5) is 42.4. The van der Waals surface area contributed by atoms with E-state index in [4.69, 9.17) is 16.3 Å². The predicted octanol–water partition coefficient (Wildman–Crippen LogP) is 2.56. The van der Waals surface area contributed by atoms with Gasteiger partial charge in [0.1, 0.15) is 11.5 Å². The lowest BCUT2D eigenvalue weighted by molar-refractivity contribution is -0.144. The molecule has 0 N–H and O–H groups in total. The number of aromatic nitrogens is 2. The minimum absolute atomic E-state index is 0.0865. The average Bonchev–Trinajstić information content (AvgIpc) is 3.04. The van der Waals surface area contributed by atoms with E-state index in [1.165, 1.54) is 12.0 Å². The van der Waals surface area contributed by atoms with Crippen LogP contribution in [-0.2, 0) is 22.8 Å². The van der Waals surface area contributed by atoms with Gasteiger partial charge < -0.3 is 4.74 Å². The van der Waals surface area contributed by atoms with Crippen LogP contribution in [0.25, 0.3) is 5.69 Å². The van der Waals surface area contributed by atoms with Gasteiger partial charge in [0.2, 0.25) is 5.91 Å². The molecule has 0 spiro atoms. The molecule has 1 aliphatic heterocycles. The lowest BCUT2D eigenvalue weighted by Gasteiger charge is -2.16. The molecule has 0 radical (unpaired) electrons. The standard InChI is InChI=1S/C18H15ClF4N4O4S/c1-25-13(18(21,22)23)7-14(28)27(17(25)30)12-6-11(9(19)5-10(12)20)24-16-26(3-4-31-2)15(29)8-32-16/h5-7H,3-4,8H2,1-2H3. The quantitative estimate of drug-likeness (QED) is 0.596. The Balaban J connectivity index is 2.15. The molecule has 1 amide bonds. The lowest BCUT2D eigenvalue weighted by atomic mass is 10.2. The van der Waals surface area contributed by atoms with Gasteiger partial charge in [-0.3, -0.25) is 19.1 Å². The van der Waals surface area contributed by atoms with Crippen LogP contribution in [-0.4, -0.2) is 51.1 Å². The van der Waals surface area contributed by atoms with E-state index in [2.05, 4.69) is 4.99 Å². The van der Waals surface area contributed by atoms with Crippen LogP contribution in [0.2, 0.25) is 5.02 Å². The molecule has 3 rings (SSSR count). The Morgan fingerprint density at radius 2 is 1.91 bits per heavy atom. The van der Waals surface area contributed by atoms with Crippen LogP contribution in [0.15, 0.2) is 32.8 Å². The van der Waals surface area contributed by atoms with Gasteiger partial charge >= 0.3 is 11.9 Å². The molecule has 2 aromatic rings. The number of hydrogen-bond donors (Lipinski definition) is 0. The summed E-state index contributed by atoms with van der Waals surface area (Å²) in [6.45, 7) is 0.427. The van der Waals surface area contributed by atoms with Crippen molar-refractivity contribution in [2.45, 2.75) is 6.18 Å². The van der Waals surface area contributed by atoms with E-state index < -0.39 is 34.6 Å². The van der Waals surface area contributed by atoms with Crippen molar-refractivity contribution in [2.24, 2.45) is 12.0 Å². The molecule has 0 atom stereocenters. The summed E-state index contributed by atoms with van der Waals surface area (Å²) < 4.78 is 59.2. The number of benzene rings is 1. The summed E-state index contributed by atoms with van der Waals surface area (Å²) in [5, 5.41) is 0.0429. The third-order valence-electron chi connectivity index (χ3n) is 4.46. The van der Waals surface area contributed by atoms with Gasteiger partial charge in [-0.05, 0) is 12.1 Å². The number of hydrogen-bond acceptors (Lipinski definition) is 6. The van der Waals surface area contributed by atoms with E-state index in [0.717, 1.165) is 30.9 Å². The molecule has 1 aromatic carbocycles. The fourth-order valence-corrected chi connectivity index (χ4v) is 4.00. The third kappa shape index (κ3) is 4.59. The van der Waals surface area contributed by atoms with Crippen molar-refractivity contribution in [3.05, 3.63) is 55.6 Å². The molecule has 32 heavy (non-hydrogen) atoms. The van der Waals surface area contributed by atoms with E-state index in [0.29, 0.717) is 0 Å². The number of thioether (sulfide) groups is 1. The molecule has 1 aliphatic rings. The first kappa shape index (κ1) is 24.0. The van der Waals surface area contributed by atoms with Crippen LogP contribution in [0.5, 0.6) is 0 Å². The minimum Gasteiger partial charge on any atom is -0.383 e. The molecule has 172 valence electrons. The summed E-state index contributed by atoms with van der Waals surface area (Å²) in [6, 6.07) is 1.93. The average molecular weight is 495 g/mol. The third-order valence-corrected chi connectivity index (χ3v) is 5.72. The maximum Gasteiger partial charge on any atom is 0.431 e. The fourth-order valence-electron chi connectivity index (χ4n) is 2.89. The van der Waals surface area contributed by atoms with Gasteiger partial charge in [-0.2, -0.15) is 13.2 Å². The molecule has 1 aromatic heterocycles. The van der Waals surface area contributed by atoms with Gasteiger partial charge in [0.15, 0.2) is 5.17 Å². The molecule has 0 bridgehead atoms. The highest BCUT2D eigenvalue weighted by atomic mass is 35.5. The zero-order valence-electron chi connectivity index (χ0n) is 16.6. The number of nitrogens with zero attached hydrogens (tertiary/aromatic N) is 4. The van der Waals surface area contributed by atoms with Gasteiger partial charge in [-0.25, -0.2) is 18.7 Å². The molecule has 0 saturated carbocycles. The van der Waals surface area contributed by atoms with Crippen molar-refractivity contribution in [3.8, 4) is 5.69 Å². The number of methoxy groups -OCH3 is 1. The van der Waals surface area contributed by atoms with Crippen LogP contribution in [0.4, 0.5) is 23.2 Å². The van der Waals surface area contributed by atoms with Gasteiger partial charge in [0.25, 0.3) is 5.56 Å². The van der Waals surface area contributed by atoms with Crippen LogP contribution >= 0.6 is 23.4 Å². The van der Waals surface area contributed by atoms with E-state index in [-0.39, 0.29) is 55.9 Å². The monoisotopic (exact) mass is 494 g/mol. The first-order valence-corrected chi connectivity index (χ1v) is 10.2. The second-order valence-corrected chi connectivity index (χ2v) is 7.87. The number of carbonyl (C=O) groups is 1. The lowest BCUT2D eigenvalue weighted by Crippen LogP contribution is -2.41. The summed E-state index contributed by atoms with van der Waals surface area (Å²) in [5.74, 6) is -1.26. The van der Waals surface area contributed by atoms with E-state index in [1.54, 1.807) is 0 Å². The second kappa shape index (κ2) is 9.08. The SMILES string of the molecule is COCCN1C(=O)CSC1=Nc1cc(-n2c(=O)cc(C(F)(F)F)n(C)c2=O)c(F)cc1Cl. The minimum atomic E-state index is -4.96. The van der Waals surface area contributed by atoms with Crippen molar-refractivity contribution in [1.29, 1.82) is 0 Å². The van der Waals surface area contributed by atoms with Crippen LogP contribution in [0, 0.1) is 5.82 Å². The summed E-state index contributed by atoms with van der Waals surface area (Å²) in [5.41, 5.74) is -4.99. The van der Waals surface area contributed by atoms with Gasteiger partial charge in [0, 0.05) is 20.2 Å². The largest absolute Gasteiger partial charge is 0.431 e. The zero-order valence-corrected chi connectivity index (χ0v) is 18.1. The van der Waals surface area contributed by atoms with Crippen molar-refractivity contribution < 1.29 is 27.1 Å². The number of aliphatic imine (C=N–C) groups is 1. The molecule has 8 nitrogen and oxygen atoms in total. The summed E-state index contributed by atoms with van der Waals surface area (Å²) in [7, 11) is 2.26. The van der Waals surface area contributed by atoms with Crippen molar-refractivity contribution in [3.63, 3.8) is 0 Å². The summed E-state index contributed by atoms with van der Waals surface area (Å²) >= 11 is 7.14. The van der Waals surface area contributed by atoms with Gasteiger partial charge in [-0.1, -0.05) is 23.4 Å². The number of carbonyl (C=O) groups excluding carboxylic acids is 1. The van der Waals surface area contributed by atoms with Crippen LogP contribution in [0.1, 0.15) is 5.69 Å². The van der Waals surface area contributed by atoms with Gasteiger partial charge in [0.05, 0.1) is 35.3 Å². The number of ether oxygens (including phenoxy) is 1. The molecule has 0 unspecified atom stereocenters. The normalized spacial score (nSPS) is 15.8. The number of amides is 1. The van der Waals surface area contributed by atoms with Crippen molar-refractivity contribution in [2.75, 3.05) is 26.0 Å². The highest BCUT2D eigenvalue weighted by Gasteiger charge is 2.35. The smallest absolute Gasteiger partial charge is 0.383 e. The Morgan fingerprint density at radius 1 is 1.22 bits per heavy atom. The zero-order chi connectivity index (χ0) is 23.8. The first-order valence-electron chi connectivity index (χ1n) is 8.86. The van der Waals surface area contributed by atoms with E-state index in [1.807, 2.05) is 0 Å². The molecular formula is C18H15ClF4N4O4S. The van der Waals surface area contributed by atoms with E-state index in [9.17, 15) is 31.9 Å². The number of alkyl halides is 3. The first-order chi connectivity index (χ1) is 15.0. The number of amidine groups is 1. The van der Waals surface area contributed by atoms with Crippen molar-refractivity contribution >= 4 is 40.1 Å². The predicted molar refractivity (Wildman–Crippen MR) is 110 cm³/mol. The Hall–Kier alpha value is -2.64. The highest BCUT2D eigenvalue weighted by Crippen LogP contribution is 2.32. The molecule has 2 heterocycles.